The molecule has 0 aromatic heterocycles. The van der Waals surface area contributed by atoms with Gasteiger partial charge in [0.1, 0.15) is 0 Å². The maximum absolute atomic E-state index is 12.1. The molecule has 2 saturated heterocycles. The SMILES string of the molecule is CN=C(NCCN1CCCCCC1)NC1CCN(C(=O)C(C)C)C1.I. The van der Waals surface area contributed by atoms with Gasteiger partial charge in [0, 0.05) is 45.2 Å². The Morgan fingerprint density at radius 2 is 1.84 bits per heavy atom. The van der Waals surface area contributed by atoms with Crippen LogP contribution < -0.4 is 10.6 Å². The molecule has 1 unspecified atom stereocenters. The molecule has 2 heterocycles. The summed E-state index contributed by atoms with van der Waals surface area (Å²) in [5.41, 5.74) is 0. The second kappa shape index (κ2) is 11.9. The summed E-state index contributed by atoms with van der Waals surface area (Å²) in [6, 6.07) is 0.303. The van der Waals surface area contributed by atoms with Crippen molar-refractivity contribution >= 4 is 35.8 Å². The van der Waals surface area contributed by atoms with E-state index in [-0.39, 0.29) is 35.8 Å². The van der Waals surface area contributed by atoms with Gasteiger partial charge in [0.25, 0.3) is 0 Å². The molecular formula is C18H36IN5O. The van der Waals surface area contributed by atoms with Gasteiger partial charge in [0.15, 0.2) is 5.96 Å². The number of amides is 1. The average molecular weight is 465 g/mol. The molecule has 146 valence electrons. The van der Waals surface area contributed by atoms with Gasteiger partial charge in [-0.3, -0.25) is 9.79 Å². The second-order valence-electron chi connectivity index (χ2n) is 7.32. The molecule has 6 nitrogen and oxygen atoms in total. The first-order valence-corrected chi connectivity index (χ1v) is 9.58. The molecule has 7 heteroatoms. The van der Waals surface area contributed by atoms with Crippen LogP contribution in [0.2, 0.25) is 0 Å². The summed E-state index contributed by atoms with van der Waals surface area (Å²) in [7, 11) is 1.81. The summed E-state index contributed by atoms with van der Waals surface area (Å²) in [4.78, 5) is 20.9. The molecule has 2 rings (SSSR count). The number of nitrogens with one attached hydrogen (secondary N) is 2. The number of halogens is 1. The summed E-state index contributed by atoms with van der Waals surface area (Å²) >= 11 is 0. The van der Waals surface area contributed by atoms with Crippen LogP contribution >= 0.6 is 24.0 Å². The van der Waals surface area contributed by atoms with Gasteiger partial charge >= 0.3 is 0 Å². The van der Waals surface area contributed by atoms with Crippen molar-refractivity contribution in [2.45, 2.75) is 52.0 Å². The summed E-state index contributed by atoms with van der Waals surface area (Å²) in [6.07, 6.45) is 6.40. The van der Waals surface area contributed by atoms with Crippen LogP contribution in [0.3, 0.4) is 0 Å². The molecule has 0 spiro atoms. The van der Waals surface area contributed by atoms with Crippen molar-refractivity contribution in [3.63, 3.8) is 0 Å². The molecule has 2 aliphatic heterocycles. The molecule has 1 atom stereocenters. The number of aliphatic imine (C=N–C) groups is 1. The van der Waals surface area contributed by atoms with Crippen molar-refractivity contribution < 1.29 is 4.79 Å². The Labute approximate surface area is 170 Å². The van der Waals surface area contributed by atoms with Gasteiger partial charge in [-0.2, -0.15) is 0 Å². The lowest BCUT2D eigenvalue weighted by Crippen LogP contribution is -2.47. The molecule has 2 N–H and O–H groups in total. The zero-order valence-electron chi connectivity index (χ0n) is 16.1. The number of hydrogen-bond acceptors (Lipinski definition) is 3. The van der Waals surface area contributed by atoms with Crippen LogP contribution in [0, 0.1) is 5.92 Å². The highest BCUT2D eigenvalue weighted by Gasteiger charge is 2.27. The van der Waals surface area contributed by atoms with Crippen molar-refractivity contribution in [1.29, 1.82) is 0 Å². The molecule has 0 bridgehead atoms. The highest BCUT2D eigenvalue weighted by molar-refractivity contribution is 14.0. The number of likely N-dealkylation sites (tertiary alicyclic amines) is 2. The Morgan fingerprint density at radius 1 is 1.16 bits per heavy atom. The molecule has 0 radical (unpaired) electrons. The minimum atomic E-state index is 0. The molecule has 0 aliphatic carbocycles. The normalized spacial score (nSPS) is 22.5. The monoisotopic (exact) mass is 465 g/mol. The molecule has 1 amide bonds. The summed E-state index contributed by atoms with van der Waals surface area (Å²) in [5.74, 6) is 1.19. The zero-order valence-corrected chi connectivity index (χ0v) is 18.4. The van der Waals surface area contributed by atoms with Gasteiger partial charge in [-0.1, -0.05) is 26.7 Å². The first-order valence-electron chi connectivity index (χ1n) is 9.58. The van der Waals surface area contributed by atoms with Gasteiger partial charge in [0.05, 0.1) is 0 Å². The van der Waals surface area contributed by atoms with E-state index < -0.39 is 0 Å². The lowest BCUT2D eigenvalue weighted by Gasteiger charge is -2.22. The highest BCUT2D eigenvalue weighted by atomic mass is 127. The summed E-state index contributed by atoms with van der Waals surface area (Å²) < 4.78 is 0. The molecule has 0 aromatic carbocycles. The van der Waals surface area contributed by atoms with E-state index in [4.69, 9.17) is 0 Å². The zero-order chi connectivity index (χ0) is 17.4. The summed E-state index contributed by atoms with van der Waals surface area (Å²) in [6.45, 7) is 10.00. The van der Waals surface area contributed by atoms with Crippen molar-refractivity contribution in [2.75, 3.05) is 46.3 Å². The van der Waals surface area contributed by atoms with Gasteiger partial charge in [-0.25, -0.2) is 0 Å². The van der Waals surface area contributed by atoms with E-state index in [1.54, 1.807) is 0 Å². The number of nitrogens with zero attached hydrogens (tertiary/aromatic N) is 3. The summed E-state index contributed by atoms with van der Waals surface area (Å²) in [5, 5.41) is 6.89. The number of carbonyl (C=O) groups excluding carboxylic acids is 1. The van der Waals surface area contributed by atoms with Crippen molar-refractivity contribution in [1.82, 2.24) is 20.4 Å². The van der Waals surface area contributed by atoms with E-state index in [0.29, 0.717) is 6.04 Å². The Hall–Kier alpha value is -0.570. The predicted molar refractivity (Wildman–Crippen MR) is 115 cm³/mol. The number of guanidine groups is 1. The second-order valence-corrected chi connectivity index (χ2v) is 7.32. The van der Waals surface area contributed by atoms with Crippen LogP contribution in [0.4, 0.5) is 0 Å². The quantitative estimate of drug-likeness (QED) is 0.370. The third kappa shape index (κ3) is 7.68. The first-order chi connectivity index (χ1) is 11.6. The van der Waals surface area contributed by atoms with Gasteiger partial charge < -0.3 is 20.4 Å². The van der Waals surface area contributed by atoms with Crippen LogP contribution in [-0.2, 0) is 4.79 Å². The Balaban J connectivity index is 0.00000312. The van der Waals surface area contributed by atoms with Crippen LogP contribution in [0.15, 0.2) is 4.99 Å². The number of hydrogen-bond donors (Lipinski definition) is 2. The standard InChI is InChI=1S/C18H35N5O.HI/c1-15(2)17(24)23-12-8-16(14-23)21-18(19-3)20-9-13-22-10-6-4-5-7-11-22;/h15-16H,4-14H2,1-3H3,(H2,19,20,21);1H. The largest absolute Gasteiger partial charge is 0.355 e. The third-order valence-corrected chi connectivity index (χ3v) is 4.98. The fraction of sp³-hybridized carbons (Fsp3) is 0.889. The lowest BCUT2D eigenvalue weighted by atomic mass is 10.2. The topological polar surface area (TPSA) is 60.0 Å². The van der Waals surface area contributed by atoms with Gasteiger partial charge in [-0.15, -0.1) is 24.0 Å². The van der Waals surface area contributed by atoms with Crippen molar-refractivity contribution in [3.8, 4) is 0 Å². The minimum Gasteiger partial charge on any atom is -0.355 e. The first kappa shape index (κ1) is 22.5. The smallest absolute Gasteiger partial charge is 0.225 e. The lowest BCUT2D eigenvalue weighted by molar-refractivity contribution is -0.133. The van der Waals surface area contributed by atoms with E-state index in [2.05, 4.69) is 20.5 Å². The van der Waals surface area contributed by atoms with E-state index >= 15 is 0 Å². The van der Waals surface area contributed by atoms with Crippen LogP contribution in [0.25, 0.3) is 0 Å². The molecule has 0 saturated carbocycles. The van der Waals surface area contributed by atoms with E-state index in [1.807, 2.05) is 25.8 Å². The van der Waals surface area contributed by atoms with Gasteiger partial charge in [-0.05, 0) is 32.4 Å². The Morgan fingerprint density at radius 3 is 2.44 bits per heavy atom. The maximum Gasteiger partial charge on any atom is 0.225 e. The fourth-order valence-corrected chi connectivity index (χ4v) is 3.52. The third-order valence-electron chi connectivity index (χ3n) is 4.98. The van der Waals surface area contributed by atoms with E-state index in [1.165, 1.54) is 38.8 Å². The average Bonchev–Trinajstić information content (AvgIpc) is 2.88. The predicted octanol–water partition coefficient (Wildman–Crippen LogP) is 1.90. The molecular weight excluding hydrogens is 429 g/mol. The van der Waals surface area contributed by atoms with E-state index in [0.717, 1.165) is 38.6 Å². The fourth-order valence-electron chi connectivity index (χ4n) is 3.52. The molecule has 25 heavy (non-hydrogen) atoms. The van der Waals surface area contributed by atoms with E-state index in [9.17, 15) is 4.79 Å². The van der Waals surface area contributed by atoms with Crippen LogP contribution in [0.5, 0.6) is 0 Å². The van der Waals surface area contributed by atoms with Crippen LogP contribution in [0.1, 0.15) is 46.0 Å². The number of rotatable bonds is 5. The van der Waals surface area contributed by atoms with Crippen molar-refractivity contribution in [2.24, 2.45) is 10.9 Å². The Bertz CT molecular complexity index is 422. The van der Waals surface area contributed by atoms with Crippen LogP contribution in [-0.4, -0.2) is 74.0 Å². The molecule has 2 fully saturated rings. The number of carbonyl (C=O) groups is 1. The van der Waals surface area contributed by atoms with Gasteiger partial charge in [0.2, 0.25) is 5.91 Å². The highest BCUT2D eigenvalue weighted by Crippen LogP contribution is 2.12. The van der Waals surface area contributed by atoms with Crippen molar-refractivity contribution in [3.05, 3.63) is 0 Å². The minimum absolute atomic E-state index is 0. The maximum atomic E-state index is 12.1. The Kier molecular flexibility index (Phi) is 10.7. The molecule has 2 aliphatic rings. The molecule has 0 aromatic rings.